The number of carbonyl (C=O) groups excluding carboxylic acids is 1. The standard InChI is InChI=1S/C17H30N4O2S/c1-12(2)14(16(22)19-10-11-20-24(6,7)23)13(3)15(18-5)21-17(4)8-9-17/h21H,5,8-11H2,1-4,6-7H3,(H,19,22)/b15-13-. The molecule has 2 N–H and O–H groups in total. The third-order valence-electron chi connectivity index (χ3n) is 3.84. The Kier molecular flexibility index (Phi) is 6.77. The topological polar surface area (TPSA) is 82.9 Å². The number of carbonyl (C=O) groups is 1. The first-order chi connectivity index (χ1) is 11.0. The van der Waals surface area contributed by atoms with Crippen LogP contribution in [0.4, 0.5) is 0 Å². The molecule has 136 valence electrons. The third kappa shape index (κ3) is 6.47. The second kappa shape index (κ2) is 7.96. The number of hydrogen-bond donors (Lipinski definition) is 2. The Morgan fingerprint density at radius 1 is 1.25 bits per heavy atom. The molecule has 0 spiro atoms. The van der Waals surface area contributed by atoms with Crippen molar-refractivity contribution in [2.24, 2.45) is 9.36 Å². The minimum atomic E-state index is -2.14. The summed E-state index contributed by atoms with van der Waals surface area (Å²) in [6.07, 6.45) is 5.33. The van der Waals surface area contributed by atoms with Gasteiger partial charge >= 0.3 is 0 Å². The molecule has 0 radical (unpaired) electrons. The first-order valence-corrected chi connectivity index (χ1v) is 10.4. The van der Waals surface area contributed by atoms with E-state index in [1.807, 2.05) is 20.8 Å². The minimum absolute atomic E-state index is 0.0579. The summed E-state index contributed by atoms with van der Waals surface area (Å²) in [6, 6.07) is 0. The van der Waals surface area contributed by atoms with Gasteiger partial charge < -0.3 is 10.6 Å². The van der Waals surface area contributed by atoms with Crippen LogP contribution >= 0.6 is 0 Å². The summed E-state index contributed by atoms with van der Waals surface area (Å²) in [7, 11) is -2.14. The second-order valence-electron chi connectivity index (χ2n) is 6.98. The van der Waals surface area contributed by atoms with Crippen LogP contribution in [-0.4, -0.2) is 48.0 Å². The van der Waals surface area contributed by atoms with Gasteiger partial charge in [0.2, 0.25) is 0 Å². The molecule has 1 aliphatic rings. The van der Waals surface area contributed by atoms with Gasteiger partial charge in [-0.15, -0.1) is 0 Å². The fraction of sp³-hybridized carbons (Fsp3) is 0.647. The molecule has 7 heteroatoms. The quantitative estimate of drug-likeness (QED) is 0.303. The lowest BCUT2D eigenvalue weighted by atomic mass is 10.0. The zero-order chi connectivity index (χ0) is 18.5. The number of nitrogens with zero attached hydrogens (tertiary/aromatic N) is 2. The van der Waals surface area contributed by atoms with Gasteiger partial charge in [0.1, 0.15) is 5.82 Å². The molecule has 0 aromatic rings. The van der Waals surface area contributed by atoms with Gasteiger partial charge in [0.15, 0.2) is 0 Å². The zero-order valence-electron chi connectivity index (χ0n) is 15.7. The molecule has 1 rings (SSSR count). The van der Waals surface area contributed by atoms with Crippen LogP contribution in [0.5, 0.6) is 0 Å². The Morgan fingerprint density at radius 3 is 2.25 bits per heavy atom. The molecule has 0 bridgehead atoms. The minimum Gasteiger partial charge on any atom is -0.365 e. The summed E-state index contributed by atoms with van der Waals surface area (Å²) in [5.41, 5.74) is 2.34. The highest BCUT2D eigenvalue weighted by atomic mass is 32.2. The van der Waals surface area contributed by atoms with Crippen molar-refractivity contribution < 1.29 is 9.00 Å². The molecular weight excluding hydrogens is 324 g/mol. The Morgan fingerprint density at radius 2 is 1.83 bits per heavy atom. The average molecular weight is 355 g/mol. The molecule has 0 saturated heterocycles. The van der Waals surface area contributed by atoms with Crippen LogP contribution in [0.3, 0.4) is 0 Å². The van der Waals surface area contributed by atoms with E-state index in [4.69, 9.17) is 0 Å². The van der Waals surface area contributed by atoms with Gasteiger partial charge in [-0.1, -0.05) is 5.57 Å². The van der Waals surface area contributed by atoms with Crippen LogP contribution in [0.1, 0.15) is 40.5 Å². The van der Waals surface area contributed by atoms with Crippen molar-refractivity contribution in [1.29, 1.82) is 0 Å². The maximum Gasteiger partial charge on any atom is 0.251 e. The molecule has 1 amide bonds. The van der Waals surface area contributed by atoms with Crippen molar-refractivity contribution >= 4 is 22.4 Å². The van der Waals surface area contributed by atoms with E-state index in [0.29, 0.717) is 24.5 Å². The predicted octanol–water partition coefficient (Wildman–Crippen LogP) is 2.24. The Hall–Kier alpha value is -1.63. The monoisotopic (exact) mass is 354 g/mol. The number of amides is 1. The SMILES string of the molecule is C=N/C(NC1(C)CC1)=C(\C)C(C(=O)NCCN=S(C)(C)=O)=C(C)C. The lowest BCUT2D eigenvalue weighted by molar-refractivity contribution is -0.117. The smallest absolute Gasteiger partial charge is 0.251 e. The Labute approximate surface area is 146 Å². The maximum atomic E-state index is 12.5. The lowest BCUT2D eigenvalue weighted by Crippen LogP contribution is -2.31. The Balaban J connectivity index is 2.89. The van der Waals surface area contributed by atoms with Crippen LogP contribution in [0.15, 0.2) is 31.9 Å². The molecule has 0 heterocycles. The van der Waals surface area contributed by atoms with E-state index >= 15 is 0 Å². The summed E-state index contributed by atoms with van der Waals surface area (Å²) in [5, 5.41) is 6.21. The van der Waals surface area contributed by atoms with E-state index in [9.17, 15) is 9.00 Å². The molecule has 6 nitrogen and oxygen atoms in total. The summed E-state index contributed by atoms with van der Waals surface area (Å²) >= 11 is 0. The van der Waals surface area contributed by atoms with Crippen molar-refractivity contribution in [3.05, 3.63) is 22.5 Å². The molecule has 0 aromatic carbocycles. The molecule has 0 unspecified atom stereocenters. The van der Waals surface area contributed by atoms with E-state index in [0.717, 1.165) is 24.0 Å². The van der Waals surface area contributed by atoms with Gasteiger partial charge in [-0.05, 0) is 47.3 Å². The van der Waals surface area contributed by atoms with Crippen LogP contribution < -0.4 is 10.6 Å². The van der Waals surface area contributed by atoms with Crippen molar-refractivity contribution in [1.82, 2.24) is 10.6 Å². The van der Waals surface area contributed by atoms with E-state index in [1.165, 1.54) is 0 Å². The Bertz CT molecular complexity index is 681. The summed E-state index contributed by atoms with van der Waals surface area (Å²) < 4.78 is 15.6. The normalized spacial score (nSPS) is 16.6. The number of rotatable bonds is 8. The van der Waals surface area contributed by atoms with E-state index < -0.39 is 9.73 Å². The number of aliphatic imine (C=N–C) groups is 1. The first kappa shape index (κ1) is 20.4. The molecule has 0 atom stereocenters. The highest BCUT2D eigenvalue weighted by Crippen LogP contribution is 2.36. The highest BCUT2D eigenvalue weighted by Gasteiger charge is 2.38. The molecular formula is C17H30N4O2S. The fourth-order valence-corrected chi connectivity index (χ4v) is 2.80. The predicted molar refractivity (Wildman–Crippen MR) is 102 cm³/mol. The van der Waals surface area contributed by atoms with Crippen molar-refractivity contribution in [2.45, 2.75) is 46.1 Å². The van der Waals surface area contributed by atoms with Gasteiger partial charge in [0.05, 0.1) is 6.54 Å². The van der Waals surface area contributed by atoms with Crippen LogP contribution in [0.2, 0.25) is 0 Å². The fourth-order valence-electron chi connectivity index (χ4n) is 2.26. The third-order valence-corrected chi connectivity index (χ3v) is 4.64. The van der Waals surface area contributed by atoms with Crippen LogP contribution in [-0.2, 0) is 14.5 Å². The molecule has 1 aliphatic carbocycles. The van der Waals surface area contributed by atoms with Gasteiger partial charge in [0.25, 0.3) is 5.91 Å². The summed E-state index contributed by atoms with van der Waals surface area (Å²) in [4.78, 5) is 16.6. The molecule has 0 aromatic heterocycles. The molecule has 1 saturated carbocycles. The first-order valence-electron chi connectivity index (χ1n) is 8.04. The van der Waals surface area contributed by atoms with Crippen LogP contribution in [0.25, 0.3) is 0 Å². The van der Waals surface area contributed by atoms with E-state index in [2.05, 4.69) is 33.6 Å². The number of hydrogen-bond acceptors (Lipinski definition) is 5. The van der Waals surface area contributed by atoms with Gasteiger partial charge in [-0.25, -0.2) is 9.36 Å². The van der Waals surface area contributed by atoms with Gasteiger partial charge in [-0.2, -0.15) is 0 Å². The number of allylic oxidation sites excluding steroid dienone is 1. The summed E-state index contributed by atoms with van der Waals surface area (Å²) in [6.45, 7) is 12.1. The zero-order valence-corrected chi connectivity index (χ0v) is 16.5. The largest absolute Gasteiger partial charge is 0.365 e. The molecule has 0 aliphatic heterocycles. The van der Waals surface area contributed by atoms with Crippen LogP contribution in [0, 0.1) is 0 Å². The van der Waals surface area contributed by atoms with Gasteiger partial charge in [0, 0.05) is 45.5 Å². The summed E-state index contributed by atoms with van der Waals surface area (Å²) in [5.74, 6) is 0.474. The second-order valence-corrected chi connectivity index (χ2v) is 9.60. The van der Waals surface area contributed by atoms with Crippen molar-refractivity contribution in [2.75, 3.05) is 25.6 Å². The number of nitrogens with one attached hydrogen (secondary N) is 2. The van der Waals surface area contributed by atoms with Gasteiger partial charge in [-0.3, -0.25) is 9.00 Å². The van der Waals surface area contributed by atoms with Crippen molar-refractivity contribution in [3.63, 3.8) is 0 Å². The highest BCUT2D eigenvalue weighted by molar-refractivity contribution is 7.92. The molecule has 1 fully saturated rings. The van der Waals surface area contributed by atoms with E-state index in [1.54, 1.807) is 12.5 Å². The maximum absolute atomic E-state index is 12.5. The van der Waals surface area contributed by atoms with Crippen molar-refractivity contribution in [3.8, 4) is 0 Å². The average Bonchev–Trinajstić information content (AvgIpc) is 3.17. The van der Waals surface area contributed by atoms with E-state index in [-0.39, 0.29) is 11.4 Å². The molecule has 24 heavy (non-hydrogen) atoms. The lowest BCUT2D eigenvalue weighted by Gasteiger charge is -2.18.